The summed E-state index contributed by atoms with van der Waals surface area (Å²) in [7, 11) is 0. The normalized spacial score (nSPS) is 25.6. The van der Waals surface area contributed by atoms with Gasteiger partial charge in [-0.05, 0) is 60.4 Å². The minimum absolute atomic E-state index is 0.0990. The molecular formula is C16H19IO3. The molecule has 1 spiro atoms. The van der Waals surface area contributed by atoms with E-state index in [9.17, 15) is 4.79 Å². The fourth-order valence-corrected chi connectivity index (χ4v) is 3.55. The number of benzene rings is 1. The highest BCUT2D eigenvalue weighted by Crippen LogP contribution is 2.38. The average molecular weight is 386 g/mol. The number of Topliss-reactive ketones (excluding diaryl/α,β-unsaturated/α-hetero) is 1. The molecule has 2 fully saturated rings. The molecule has 1 unspecified atom stereocenters. The van der Waals surface area contributed by atoms with Gasteiger partial charge in [0.25, 0.3) is 0 Å². The van der Waals surface area contributed by atoms with E-state index in [-0.39, 0.29) is 17.3 Å². The molecule has 0 amide bonds. The Balaban J connectivity index is 1.73. The van der Waals surface area contributed by atoms with Crippen molar-refractivity contribution < 1.29 is 14.3 Å². The highest BCUT2D eigenvalue weighted by atomic mass is 127. The Morgan fingerprint density at radius 2 is 1.85 bits per heavy atom. The molecule has 1 aromatic rings. The maximum atomic E-state index is 12.6. The second-order valence-electron chi connectivity index (χ2n) is 5.70. The Morgan fingerprint density at radius 3 is 2.55 bits per heavy atom. The third-order valence-corrected chi connectivity index (χ3v) is 5.12. The maximum Gasteiger partial charge on any atom is 0.166 e. The number of halogens is 1. The van der Waals surface area contributed by atoms with Gasteiger partial charge in [0.05, 0.1) is 5.60 Å². The summed E-state index contributed by atoms with van der Waals surface area (Å²) >= 11 is 2.26. The van der Waals surface area contributed by atoms with Crippen molar-refractivity contribution in [3.05, 3.63) is 33.4 Å². The Morgan fingerprint density at radius 1 is 1.15 bits per heavy atom. The number of ketones is 1. The van der Waals surface area contributed by atoms with Crippen LogP contribution in [-0.4, -0.2) is 31.2 Å². The number of ether oxygens (including phenoxy) is 2. The molecule has 1 aromatic carbocycles. The van der Waals surface area contributed by atoms with E-state index in [4.69, 9.17) is 9.47 Å². The summed E-state index contributed by atoms with van der Waals surface area (Å²) in [4.78, 5) is 12.6. The fourth-order valence-electron chi connectivity index (χ4n) is 3.19. The highest BCUT2D eigenvalue weighted by Gasteiger charge is 2.41. The van der Waals surface area contributed by atoms with Gasteiger partial charge in [-0.2, -0.15) is 0 Å². The number of carbonyl (C=O) groups is 1. The first-order valence-corrected chi connectivity index (χ1v) is 8.28. The van der Waals surface area contributed by atoms with Crippen molar-refractivity contribution in [1.82, 2.24) is 0 Å². The van der Waals surface area contributed by atoms with Crippen LogP contribution in [-0.2, 0) is 9.47 Å². The zero-order valence-corrected chi connectivity index (χ0v) is 13.6. The third kappa shape index (κ3) is 3.07. The Bertz CT molecular complexity index is 471. The van der Waals surface area contributed by atoms with E-state index in [2.05, 4.69) is 22.6 Å². The quantitative estimate of drug-likeness (QED) is 0.577. The van der Waals surface area contributed by atoms with Crippen LogP contribution in [0.2, 0.25) is 0 Å². The van der Waals surface area contributed by atoms with Crippen LogP contribution in [0.1, 0.15) is 36.0 Å². The van der Waals surface area contributed by atoms with Gasteiger partial charge in [-0.1, -0.05) is 12.1 Å². The highest BCUT2D eigenvalue weighted by molar-refractivity contribution is 14.1. The Kier molecular flexibility index (Phi) is 4.43. The molecule has 1 atom stereocenters. The molecule has 0 N–H and O–H groups in total. The topological polar surface area (TPSA) is 35.5 Å². The second-order valence-corrected chi connectivity index (χ2v) is 6.95. The molecule has 0 saturated carbocycles. The first-order chi connectivity index (χ1) is 9.69. The minimum Gasteiger partial charge on any atom is -0.381 e. The van der Waals surface area contributed by atoms with E-state index in [1.807, 2.05) is 24.3 Å². The van der Waals surface area contributed by atoms with Gasteiger partial charge in [0.2, 0.25) is 0 Å². The van der Waals surface area contributed by atoms with Gasteiger partial charge < -0.3 is 9.47 Å². The van der Waals surface area contributed by atoms with Gasteiger partial charge >= 0.3 is 0 Å². The molecule has 0 aliphatic carbocycles. The standard InChI is InChI=1S/C16H19IO3/c17-14-3-1-12(2-4-14)15(18)13-5-8-20-16(11-13)6-9-19-10-7-16/h1-4,13H,5-11H2. The van der Waals surface area contributed by atoms with Gasteiger partial charge in [-0.15, -0.1) is 0 Å². The van der Waals surface area contributed by atoms with Gasteiger partial charge in [-0.3, -0.25) is 4.79 Å². The van der Waals surface area contributed by atoms with Gasteiger partial charge in [0.15, 0.2) is 5.78 Å². The minimum atomic E-state index is -0.111. The molecule has 3 nitrogen and oxygen atoms in total. The molecule has 2 heterocycles. The van der Waals surface area contributed by atoms with Crippen molar-refractivity contribution in [3.63, 3.8) is 0 Å². The van der Waals surface area contributed by atoms with Gasteiger partial charge in [0.1, 0.15) is 0 Å². The first-order valence-electron chi connectivity index (χ1n) is 7.20. The van der Waals surface area contributed by atoms with Crippen molar-refractivity contribution in [2.75, 3.05) is 19.8 Å². The van der Waals surface area contributed by atoms with Crippen LogP contribution < -0.4 is 0 Å². The van der Waals surface area contributed by atoms with Crippen molar-refractivity contribution in [3.8, 4) is 0 Å². The summed E-state index contributed by atoms with van der Waals surface area (Å²) in [5.74, 6) is 0.373. The van der Waals surface area contributed by atoms with Crippen molar-refractivity contribution >= 4 is 28.4 Å². The molecule has 2 aliphatic heterocycles. The van der Waals surface area contributed by atoms with Crippen molar-refractivity contribution in [2.24, 2.45) is 5.92 Å². The average Bonchev–Trinajstić information content (AvgIpc) is 2.48. The van der Waals surface area contributed by atoms with Crippen LogP contribution >= 0.6 is 22.6 Å². The Hall–Kier alpha value is -0.460. The molecule has 20 heavy (non-hydrogen) atoms. The van der Waals surface area contributed by atoms with E-state index < -0.39 is 0 Å². The smallest absolute Gasteiger partial charge is 0.166 e. The van der Waals surface area contributed by atoms with E-state index in [1.165, 1.54) is 0 Å². The molecule has 0 aromatic heterocycles. The summed E-state index contributed by atoms with van der Waals surface area (Å²) in [5, 5.41) is 0. The Labute approximate surface area is 133 Å². The van der Waals surface area contributed by atoms with Gasteiger partial charge in [0, 0.05) is 34.9 Å². The molecule has 0 bridgehead atoms. The van der Waals surface area contributed by atoms with E-state index >= 15 is 0 Å². The predicted molar refractivity (Wildman–Crippen MR) is 84.9 cm³/mol. The lowest BCUT2D eigenvalue weighted by molar-refractivity contribution is -0.142. The first kappa shape index (κ1) is 14.5. The summed E-state index contributed by atoms with van der Waals surface area (Å²) in [5.41, 5.74) is 0.722. The molecule has 4 heteroatoms. The number of hydrogen-bond acceptors (Lipinski definition) is 3. The number of carbonyl (C=O) groups excluding carboxylic acids is 1. The van der Waals surface area contributed by atoms with Crippen LogP contribution in [0.5, 0.6) is 0 Å². The molecule has 2 aliphatic rings. The molecule has 0 radical (unpaired) electrons. The van der Waals surface area contributed by atoms with Crippen LogP contribution in [0.4, 0.5) is 0 Å². The molecule has 3 rings (SSSR count). The van der Waals surface area contributed by atoms with Crippen molar-refractivity contribution in [1.29, 1.82) is 0 Å². The van der Waals surface area contributed by atoms with E-state index in [0.29, 0.717) is 6.61 Å². The lowest BCUT2D eigenvalue weighted by Crippen LogP contribution is -2.45. The summed E-state index contributed by atoms with van der Waals surface area (Å²) < 4.78 is 12.6. The van der Waals surface area contributed by atoms with E-state index in [1.54, 1.807) is 0 Å². The van der Waals surface area contributed by atoms with Crippen LogP contribution in [0, 0.1) is 9.49 Å². The maximum absolute atomic E-state index is 12.6. The zero-order chi connectivity index (χ0) is 14.0. The largest absolute Gasteiger partial charge is 0.381 e. The SMILES string of the molecule is O=C(c1ccc(I)cc1)C1CCOC2(CCOCC2)C1. The monoisotopic (exact) mass is 386 g/mol. The summed E-state index contributed by atoms with van der Waals surface area (Å²) in [6.07, 6.45) is 3.53. The zero-order valence-electron chi connectivity index (χ0n) is 11.4. The summed E-state index contributed by atoms with van der Waals surface area (Å²) in [6.45, 7) is 2.20. The van der Waals surface area contributed by atoms with Crippen LogP contribution in [0.3, 0.4) is 0 Å². The predicted octanol–water partition coefficient (Wildman–Crippen LogP) is 3.45. The fraction of sp³-hybridized carbons (Fsp3) is 0.562. The molecular weight excluding hydrogens is 367 g/mol. The third-order valence-electron chi connectivity index (χ3n) is 4.40. The molecule has 108 valence electrons. The number of hydrogen-bond donors (Lipinski definition) is 0. The van der Waals surface area contributed by atoms with Crippen LogP contribution in [0.15, 0.2) is 24.3 Å². The van der Waals surface area contributed by atoms with Gasteiger partial charge in [-0.25, -0.2) is 0 Å². The molecule has 2 saturated heterocycles. The lowest BCUT2D eigenvalue weighted by Gasteiger charge is -2.42. The lowest BCUT2D eigenvalue weighted by atomic mass is 9.78. The number of rotatable bonds is 2. The summed E-state index contributed by atoms with van der Waals surface area (Å²) in [6, 6.07) is 7.88. The van der Waals surface area contributed by atoms with Crippen LogP contribution in [0.25, 0.3) is 0 Å². The van der Waals surface area contributed by atoms with E-state index in [0.717, 1.165) is 48.0 Å². The second kappa shape index (κ2) is 6.12. The van der Waals surface area contributed by atoms with Crippen molar-refractivity contribution in [2.45, 2.75) is 31.3 Å².